The Labute approximate surface area is 140 Å². The predicted octanol–water partition coefficient (Wildman–Crippen LogP) is 2.99. The summed E-state index contributed by atoms with van der Waals surface area (Å²) in [6.07, 6.45) is 7.51. The molecule has 1 aromatic rings. The Morgan fingerprint density at radius 2 is 1.96 bits per heavy atom. The first kappa shape index (κ1) is 17.7. The highest BCUT2D eigenvalue weighted by Gasteiger charge is 2.48. The lowest BCUT2D eigenvalue weighted by atomic mass is 9.88. The molecule has 0 saturated carbocycles. The van der Waals surface area contributed by atoms with Crippen LogP contribution in [0.2, 0.25) is 0 Å². The number of ether oxygens (including phenoxy) is 2. The molecule has 5 heteroatoms. The van der Waals surface area contributed by atoms with Crippen LogP contribution in [0.5, 0.6) is 0 Å². The molecule has 126 valence electrons. The molecule has 0 fully saturated rings. The average Bonchev–Trinajstić information content (AvgIpc) is 2.55. The van der Waals surface area contributed by atoms with E-state index in [0.717, 1.165) is 11.1 Å². The van der Waals surface area contributed by atoms with Crippen molar-refractivity contribution in [1.82, 2.24) is 0 Å². The fourth-order valence-corrected chi connectivity index (χ4v) is 2.45. The fourth-order valence-electron chi connectivity index (χ4n) is 2.45. The number of benzene rings is 1. The molecule has 0 aromatic heterocycles. The minimum atomic E-state index is -1.84. The van der Waals surface area contributed by atoms with E-state index in [1.165, 1.54) is 13.0 Å². The zero-order valence-electron chi connectivity index (χ0n) is 13.6. The summed E-state index contributed by atoms with van der Waals surface area (Å²) in [6, 6.07) is 9.73. The van der Waals surface area contributed by atoms with Crippen LogP contribution in [-0.4, -0.2) is 35.4 Å². The molecular formula is C19H20O5. The van der Waals surface area contributed by atoms with Gasteiger partial charge < -0.3 is 14.6 Å². The SMILES string of the molecule is CCOC1C=C(C=Cc2ccccc2)C=CC1(OC(C)=O)C(=O)O. The highest BCUT2D eigenvalue weighted by Crippen LogP contribution is 2.29. The van der Waals surface area contributed by atoms with Crippen LogP contribution in [0.3, 0.4) is 0 Å². The van der Waals surface area contributed by atoms with Gasteiger partial charge in [0.2, 0.25) is 0 Å². The van der Waals surface area contributed by atoms with Gasteiger partial charge in [-0.05, 0) is 30.2 Å². The molecule has 0 bridgehead atoms. The van der Waals surface area contributed by atoms with Gasteiger partial charge in [0.1, 0.15) is 6.10 Å². The Balaban J connectivity index is 2.30. The number of carbonyl (C=O) groups excluding carboxylic acids is 1. The maximum absolute atomic E-state index is 11.7. The molecule has 5 nitrogen and oxygen atoms in total. The number of allylic oxidation sites excluding steroid dienone is 3. The van der Waals surface area contributed by atoms with Gasteiger partial charge in [-0.15, -0.1) is 0 Å². The van der Waals surface area contributed by atoms with Crippen LogP contribution < -0.4 is 0 Å². The first-order valence-electron chi connectivity index (χ1n) is 7.66. The lowest BCUT2D eigenvalue weighted by Crippen LogP contribution is -2.52. The summed E-state index contributed by atoms with van der Waals surface area (Å²) < 4.78 is 10.6. The predicted molar refractivity (Wildman–Crippen MR) is 90.2 cm³/mol. The van der Waals surface area contributed by atoms with Gasteiger partial charge >= 0.3 is 11.9 Å². The van der Waals surface area contributed by atoms with Crippen molar-refractivity contribution < 1.29 is 24.2 Å². The van der Waals surface area contributed by atoms with Gasteiger partial charge in [0.05, 0.1) is 0 Å². The van der Waals surface area contributed by atoms with E-state index in [9.17, 15) is 14.7 Å². The summed E-state index contributed by atoms with van der Waals surface area (Å²) in [7, 11) is 0. The van der Waals surface area contributed by atoms with Crippen LogP contribution in [0.25, 0.3) is 6.08 Å². The van der Waals surface area contributed by atoms with Crippen molar-refractivity contribution in [2.45, 2.75) is 25.6 Å². The number of carbonyl (C=O) groups is 2. The Hall–Kier alpha value is -2.66. The fraction of sp³-hybridized carbons (Fsp3) is 0.263. The van der Waals surface area contributed by atoms with Gasteiger partial charge in [0.15, 0.2) is 0 Å². The van der Waals surface area contributed by atoms with E-state index in [4.69, 9.17) is 9.47 Å². The number of rotatable bonds is 6. The highest BCUT2D eigenvalue weighted by atomic mass is 16.6. The third kappa shape index (κ3) is 4.00. The molecule has 2 rings (SSSR count). The molecule has 2 atom stereocenters. The monoisotopic (exact) mass is 328 g/mol. The summed E-state index contributed by atoms with van der Waals surface area (Å²) in [5.41, 5.74) is -0.0394. The molecule has 0 spiro atoms. The summed E-state index contributed by atoms with van der Waals surface area (Å²) >= 11 is 0. The molecule has 0 aliphatic heterocycles. The molecule has 24 heavy (non-hydrogen) atoms. The number of carboxylic acids is 1. The molecule has 0 amide bonds. The van der Waals surface area contributed by atoms with Crippen molar-refractivity contribution in [3.63, 3.8) is 0 Å². The van der Waals surface area contributed by atoms with E-state index in [-0.39, 0.29) is 0 Å². The van der Waals surface area contributed by atoms with E-state index in [1.54, 1.807) is 19.1 Å². The number of esters is 1. The maximum atomic E-state index is 11.7. The van der Waals surface area contributed by atoms with Crippen molar-refractivity contribution in [3.05, 3.63) is 65.8 Å². The van der Waals surface area contributed by atoms with Crippen LogP contribution in [0.4, 0.5) is 0 Å². The van der Waals surface area contributed by atoms with E-state index < -0.39 is 23.6 Å². The molecule has 1 aliphatic rings. The number of hydrogen-bond acceptors (Lipinski definition) is 4. The largest absolute Gasteiger partial charge is 0.478 e. The standard InChI is InChI=1S/C19H20O5/c1-3-23-17-13-16(10-9-15-7-5-4-6-8-15)11-12-19(17,18(21)22)24-14(2)20/h4-13,17H,3H2,1-2H3,(H,21,22). The maximum Gasteiger partial charge on any atom is 0.355 e. The van der Waals surface area contributed by atoms with E-state index in [0.29, 0.717) is 6.61 Å². The van der Waals surface area contributed by atoms with Crippen molar-refractivity contribution in [2.24, 2.45) is 0 Å². The van der Waals surface area contributed by atoms with Crippen LogP contribution in [-0.2, 0) is 19.1 Å². The number of aliphatic carboxylic acids is 1. The third-order valence-electron chi connectivity index (χ3n) is 3.55. The van der Waals surface area contributed by atoms with Crippen LogP contribution in [0.1, 0.15) is 19.4 Å². The van der Waals surface area contributed by atoms with Gasteiger partial charge in [-0.1, -0.05) is 48.6 Å². The zero-order valence-corrected chi connectivity index (χ0v) is 13.6. The smallest absolute Gasteiger partial charge is 0.355 e. The van der Waals surface area contributed by atoms with Crippen LogP contribution in [0.15, 0.2) is 60.2 Å². The van der Waals surface area contributed by atoms with Gasteiger partial charge in [-0.2, -0.15) is 0 Å². The average molecular weight is 328 g/mol. The summed E-state index contributed by atoms with van der Waals surface area (Å²) in [6.45, 7) is 3.23. The lowest BCUT2D eigenvalue weighted by Gasteiger charge is -2.34. The molecule has 0 heterocycles. The minimum Gasteiger partial charge on any atom is -0.478 e. The molecule has 1 N–H and O–H groups in total. The molecule has 0 radical (unpaired) electrons. The molecule has 1 aromatic carbocycles. The quantitative estimate of drug-likeness (QED) is 0.813. The Bertz CT molecular complexity index is 687. The van der Waals surface area contributed by atoms with Gasteiger partial charge in [0.25, 0.3) is 5.60 Å². The van der Waals surface area contributed by atoms with Crippen molar-refractivity contribution >= 4 is 18.0 Å². The van der Waals surface area contributed by atoms with E-state index in [1.807, 2.05) is 42.5 Å². The van der Waals surface area contributed by atoms with Gasteiger partial charge in [-0.25, -0.2) is 4.79 Å². The molecule has 1 aliphatic carbocycles. The molecule has 2 unspecified atom stereocenters. The zero-order chi connectivity index (χ0) is 17.6. The Morgan fingerprint density at radius 3 is 2.54 bits per heavy atom. The third-order valence-corrected chi connectivity index (χ3v) is 3.55. The summed E-state index contributed by atoms with van der Waals surface area (Å²) in [5.74, 6) is -1.95. The Kier molecular flexibility index (Phi) is 5.71. The topological polar surface area (TPSA) is 72.8 Å². The number of hydrogen-bond donors (Lipinski definition) is 1. The second-order valence-corrected chi connectivity index (χ2v) is 5.31. The minimum absolute atomic E-state index is 0.293. The van der Waals surface area contributed by atoms with Gasteiger partial charge in [-0.3, -0.25) is 4.79 Å². The van der Waals surface area contributed by atoms with Crippen molar-refractivity contribution in [3.8, 4) is 0 Å². The summed E-state index contributed by atoms with van der Waals surface area (Å²) in [5, 5.41) is 9.57. The molecular weight excluding hydrogens is 308 g/mol. The van der Waals surface area contributed by atoms with E-state index >= 15 is 0 Å². The van der Waals surface area contributed by atoms with Crippen LogP contribution >= 0.6 is 0 Å². The second-order valence-electron chi connectivity index (χ2n) is 5.31. The molecule has 0 saturated heterocycles. The lowest BCUT2D eigenvalue weighted by molar-refractivity contribution is -0.183. The number of carboxylic acid groups (broad SMARTS) is 1. The first-order chi connectivity index (χ1) is 11.5. The first-order valence-corrected chi connectivity index (χ1v) is 7.66. The van der Waals surface area contributed by atoms with Crippen molar-refractivity contribution in [2.75, 3.05) is 6.61 Å². The second kappa shape index (κ2) is 7.75. The van der Waals surface area contributed by atoms with Crippen molar-refractivity contribution in [1.29, 1.82) is 0 Å². The van der Waals surface area contributed by atoms with Crippen LogP contribution in [0, 0.1) is 0 Å². The van der Waals surface area contributed by atoms with E-state index in [2.05, 4.69) is 0 Å². The highest BCUT2D eigenvalue weighted by molar-refractivity contribution is 5.86. The summed E-state index contributed by atoms with van der Waals surface area (Å²) in [4.78, 5) is 23.1. The van der Waals surface area contributed by atoms with Gasteiger partial charge in [0, 0.05) is 13.5 Å². The normalized spacial score (nSPS) is 23.1. The Morgan fingerprint density at radius 1 is 1.25 bits per heavy atom.